The van der Waals surface area contributed by atoms with E-state index in [1.807, 2.05) is 38.1 Å². The monoisotopic (exact) mass is 292 g/mol. The lowest BCUT2D eigenvalue weighted by Gasteiger charge is -2.11. The van der Waals surface area contributed by atoms with Gasteiger partial charge in [-0.15, -0.1) is 11.3 Å². The maximum atomic E-state index is 8.83. The third-order valence-electron chi connectivity index (χ3n) is 2.92. The lowest BCUT2D eigenvalue weighted by Crippen LogP contribution is -2.14. The number of benzene rings is 1. The van der Waals surface area contributed by atoms with Crippen LogP contribution in [0.4, 0.5) is 0 Å². The average molecular weight is 292 g/mol. The second-order valence-corrected chi connectivity index (χ2v) is 5.81. The lowest BCUT2D eigenvalue weighted by atomic mass is 10.2. The van der Waals surface area contributed by atoms with Gasteiger partial charge in [0.15, 0.2) is 0 Å². The second kappa shape index (κ2) is 7.38. The van der Waals surface area contributed by atoms with Gasteiger partial charge < -0.3 is 15.2 Å². The quantitative estimate of drug-likeness (QED) is 0.823. The summed E-state index contributed by atoms with van der Waals surface area (Å²) in [6.07, 6.45) is 0. The minimum atomic E-state index is 0.0289. The van der Waals surface area contributed by atoms with Crippen LogP contribution in [0.25, 0.3) is 0 Å². The standard InChI is InChI=1S/C15H20N2O2S/c1-11-15(20-12(2)17-11)10-16-9-13-5-3-4-6-14(13)19-8-7-18/h3-6,16,18H,7-10H2,1-2H3. The summed E-state index contributed by atoms with van der Waals surface area (Å²) < 4.78 is 5.52. The highest BCUT2D eigenvalue weighted by atomic mass is 32.1. The first kappa shape index (κ1) is 15.0. The van der Waals surface area contributed by atoms with E-state index in [0.717, 1.165) is 35.1 Å². The number of hydrogen-bond acceptors (Lipinski definition) is 5. The molecule has 0 saturated heterocycles. The topological polar surface area (TPSA) is 54.4 Å². The molecule has 20 heavy (non-hydrogen) atoms. The number of aliphatic hydroxyl groups is 1. The third kappa shape index (κ3) is 4.03. The number of aliphatic hydroxyl groups excluding tert-OH is 1. The Bertz CT molecular complexity index is 555. The first-order valence-electron chi connectivity index (χ1n) is 6.66. The minimum absolute atomic E-state index is 0.0289. The van der Waals surface area contributed by atoms with Crippen molar-refractivity contribution in [2.75, 3.05) is 13.2 Å². The molecule has 0 saturated carbocycles. The van der Waals surface area contributed by atoms with Crippen LogP contribution >= 0.6 is 11.3 Å². The molecule has 2 N–H and O–H groups in total. The fraction of sp³-hybridized carbons (Fsp3) is 0.400. The number of para-hydroxylation sites is 1. The van der Waals surface area contributed by atoms with Crippen molar-refractivity contribution in [3.05, 3.63) is 45.4 Å². The Balaban J connectivity index is 1.92. The maximum Gasteiger partial charge on any atom is 0.123 e. The molecule has 108 valence electrons. The smallest absolute Gasteiger partial charge is 0.123 e. The summed E-state index contributed by atoms with van der Waals surface area (Å²) in [7, 11) is 0. The highest BCUT2D eigenvalue weighted by Crippen LogP contribution is 2.19. The molecule has 1 aromatic heterocycles. The number of thiazole rings is 1. The van der Waals surface area contributed by atoms with Gasteiger partial charge in [0.1, 0.15) is 12.4 Å². The molecule has 2 aromatic rings. The zero-order valence-corrected chi connectivity index (χ0v) is 12.7. The Morgan fingerprint density at radius 1 is 1.25 bits per heavy atom. The molecule has 4 nitrogen and oxygen atoms in total. The number of nitrogens with one attached hydrogen (secondary N) is 1. The predicted molar refractivity (Wildman–Crippen MR) is 81.2 cm³/mol. The van der Waals surface area contributed by atoms with E-state index in [1.54, 1.807) is 11.3 Å². The van der Waals surface area contributed by atoms with Crippen molar-refractivity contribution >= 4 is 11.3 Å². The molecule has 2 rings (SSSR count). The molecule has 0 aliphatic rings. The van der Waals surface area contributed by atoms with Crippen LogP contribution in [0.5, 0.6) is 5.75 Å². The van der Waals surface area contributed by atoms with Crippen molar-refractivity contribution in [2.45, 2.75) is 26.9 Å². The maximum absolute atomic E-state index is 8.83. The van der Waals surface area contributed by atoms with E-state index in [-0.39, 0.29) is 6.61 Å². The third-order valence-corrected chi connectivity index (χ3v) is 3.99. The molecular formula is C15H20N2O2S. The Morgan fingerprint density at radius 3 is 2.75 bits per heavy atom. The van der Waals surface area contributed by atoms with Gasteiger partial charge in [0.05, 0.1) is 17.3 Å². The Kier molecular flexibility index (Phi) is 5.52. The highest BCUT2D eigenvalue weighted by molar-refractivity contribution is 7.11. The van der Waals surface area contributed by atoms with Crippen LogP contribution < -0.4 is 10.1 Å². The van der Waals surface area contributed by atoms with Crippen LogP contribution in [0.1, 0.15) is 21.1 Å². The fourth-order valence-electron chi connectivity index (χ4n) is 1.99. The summed E-state index contributed by atoms with van der Waals surface area (Å²) in [5, 5.41) is 13.3. The van der Waals surface area contributed by atoms with Crippen LogP contribution in [-0.4, -0.2) is 23.3 Å². The van der Waals surface area contributed by atoms with Gasteiger partial charge in [0.2, 0.25) is 0 Å². The number of nitrogens with zero attached hydrogens (tertiary/aromatic N) is 1. The Morgan fingerprint density at radius 2 is 2.05 bits per heavy atom. The van der Waals surface area contributed by atoms with Gasteiger partial charge in [0.25, 0.3) is 0 Å². The molecule has 0 fully saturated rings. The van der Waals surface area contributed by atoms with Crippen molar-refractivity contribution in [3.63, 3.8) is 0 Å². The number of hydrogen-bond donors (Lipinski definition) is 2. The van der Waals surface area contributed by atoms with Crippen molar-refractivity contribution in [1.29, 1.82) is 0 Å². The van der Waals surface area contributed by atoms with Crippen molar-refractivity contribution in [2.24, 2.45) is 0 Å². The fourth-order valence-corrected chi connectivity index (χ4v) is 2.90. The van der Waals surface area contributed by atoms with Crippen LogP contribution in [0, 0.1) is 13.8 Å². The Hall–Kier alpha value is -1.43. The zero-order chi connectivity index (χ0) is 14.4. The van der Waals surface area contributed by atoms with Gasteiger partial charge in [-0.05, 0) is 19.9 Å². The highest BCUT2D eigenvalue weighted by Gasteiger charge is 2.06. The van der Waals surface area contributed by atoms with E-state index in [1.165, 1.54) is 4.88 Å². The summed E-state index contributed by atoms with van der Waals surface area (Å²) in [4.78, 5) is 5.70. The van der Waals surface area contributed by atoms with Crippen molar-refractivity contribution < 1.29 is 9.84 Å². The summed E-state index contributed by atoms with van der Waals surface area (Å²) in [5.41, 5.74) is 2.20. The summed E-state index contributed by atoms with van der Waals surface area (Å²) in [6.45, 7) is 5.97. The Labute approximate surface area is 123 Å². The first-order valence-corrected chi connectivity index (χ1v) is 7.47. The predicted octanol–water partition coefficient (Wildman–Crippen LogP) is 2.42. The SMILES string of the molecule is Cc1nc(C)c(CNCc2ccccc2OCCO)s1. The van der Waals surface area contributed by atoms with Crippen LogP contribution in [0.2, 0.25) is 0 Å². The number of aryl methyl sites for hydroxylation is 2. The van der Waals surface area contributed by atoms with E-state index in [4.69, 9.17) is 9.84 Å². The van der Waals surface area contributed by atoms with E-state index in [0.29, 0.717) is 6.61 Å². The van der Waals surface area contributed by atoms with Crippen LogP contribution in [0.3, 0.4) is 0 Å². The average Bonchev–Trinajstić information content (AvgIpc) is 2.76. The van der Waals surface area contributed by atoms with E-state index >= 15 is 0 Å². The van der Waals surface area contributed by atoms with Gasteiger partial charge in [-0.1, -0.05) is 18.2 Å². The summed E-state index contributed by atoms with van der Waals surface area (Å²) in [5.74, 6) is 0.825. The molecule has 1 heterocycles. The van der Waals surface area contributed by atoms with E-state index in [2.05, 4.69) is 10.3 Å². The largest absolute Gasteiger partial charge is 0.491 e. The van der Waals surface area contributed by atoms with Gasteiger partial charge in [-0.2, -0.15) is 0 Å². The first-order chi connectivity index (χ1) is 9.70. The molecule has 0 aliphatic heterocycles. The van der Waals surface area contributed by atoms with Gasteiger partial charge in [0, 0.05) is 23.5 Å². The molecule has 0 aliphatic carbocycles. The molecule has 5 heteroatoms. The van der Waals surface area contributed by atoms with E-state index in [9.17, 15) is 0 Å². The minimum Gasteiger partial charge on any atom is -0.491 e. The van der Waals surface area contributed by atoms with Gasteiger partial charge >= 0.3 is 0 Å². The molecule has 1 aromatic carbocycles. The molecule has 0 radical (unpaired) electrons. The zero-order valence-electron chi connectivity index (χ0n) is 11.8. The molecule has 0 unspecified atom stereocenters. The molecule has 0 atom stereocenters. The molecule has 0 amide bonds. The van der Waals surface area contributed by atoms with Crippen molar-refractivity contribution in [1.82, 2.24) is 10.3 Å². The number of aromatic nitrogens is 1. The molecule has 0 bridgehead atoms. The van der Waals surface area contributed by atoms with Crippen molar-refractivity contribution in [3.8, 4) is 5.75 Å². The molecule has 0 spiro atoms. The lowest BCUT2D eigenvalue weighted by molar-refractivity contribution is 0.200. The summed E-state index contributed by atoms with van der Waals surface area (Å²) in [6, 6.07) is 7.89. The van der Waals surface area contributed by atoms with E-state index < -0.39 is 0 Å². The molecular weight excluding hydrogens is 272 g/mol. The normalized spacial score (nSPS) is 10.8. The van der Waals surface area contributed by atoms with Crippen LogP contribution in [0.15, 0.2) is 24.3 Å². The number of ether oxygens (including phenoxy) is 1. The van der Waals surface area contributed by atoms with Gasteiger partial charge in [-0.3, -0.25) is 0 Å². The van der Waals surface area contributed by atoms with Crippen LogP contribution in [-0.2, 0) is 13.1 Å². The second-order valence-electron chi connectivity index (χ2n) is 4.52. The number of rotatable bonds is 7. The van der Waals surface area contributed by atoms with Gasteiger partial charge in [-0.25, -0.2) is 4.98 Å². The summed E-state index contributed by atoms with van der Waals surface area (Å²) >= 11 is 1.73.